The second-order valence-corrected chi connectivity index (χ2v) is 7.30. The Labute approximate surface area is 191 Å². The molecule has 1 aliphatic rings. The second kappa shape index (κ2) is 9.34. The fraction of sp³-hybridized carbons (Fsp3) is 0.100. The lowest BCUT2D eigenvalue weighted by Crippen LogP contribution is -2.54. The number of carbonyl (C=O) groups is 3. The highest BCUT2D eigenvalue weighted by atomic mass is 35.5. The van der Waals surface area contributed by atoms with Gasteiger partial charge in [-0.15, -0.1) is 0 Å². The van der Waals surface area contributed by atoms with E-state index in [2.05, 4.69) is 5.32 Å². The molecule has 160 valence electrons. The van der Waals surface area contributed by atoms with Crippen LogP contribution in [0.5, 0.6) is 11.5 Å². The Hall–Kier alpha value is -3.14. The van der Waals surface area contributed by atoms with Gasteiger partial charge in [-0.2, -0.15) is 0 Å². The smallest absolute Gasteiger partial charge is 0.341 e. The molecule has 1 saturated heterocycles. The Morgan fingerprint density at radius 3 is 2.65 bits per heavy atom. The molecule has 3 rings (SSSR count). The summed E-state index contributed by atoms with van der Waals surface area (Å²) < 4.78 is 10.3. The van der Waals surface area contributed by atoms with E-state index in [-0.39, 0.29) is 37.9 Å². The number of methoxy groups -OCH3 is 1. The molecule has 0 radical (unpaired) electrons. The van der Waals surface area contributed by atoms with Gasteiger partial charge in [0.15, 0.2) is 23.2 Å². The summed E-state index contributed by atoms with van der Waals surface area (Å²) >= 11 is 17.4. The summed E-state index contributed by atoms with van der Waals surface area (Å²) in [5, 5.41) is 11.4. The molecule has 0 aromatic heterocycles. The molecule has 0 spiro atoms. The zero-order valence-electron chi connectivity index (χ0n) is 15.8. The average molecular weight is 481 g/mol. The van der Waals surface area contributed by atoms with Crippen LogP contribution in [-0.2, 0) is 14.4 Å². The predicted octanol–water partition coefficient (Wildman–Crippen LogP) is 3.30. The number of nitrogens with zero attached hydrogens (tertiary/aromatic N) is 1. The number of hydrogen-bond donors (Lipinski definition) is 2. The first-order valence-corrected chi connectivity index (χ1v) is 9.77. The van der Waals surface area contributed by atoms with Crippen molar-refractivity contribution in [3.8, 4) is 11.5 Å². The van der Waals surface area contributed by atoms with Crippen molar-refractivity contribution in [3.05, 3.63) is 57.6 Å². The highest BCUT2D eigenvalue weighted by Gasteiger charge is 2.35. The molecule has 2 N–H and O–H groups in total. The molecular formula is C20H14Cl2N2O6S. The molecule has 11 heteroatoms. The minimum atomic E-state index is -1.14. The van der Waals surface area contributed by atoms with Gasteiger partial charge in [-0.1, -0.05) is 35.3 Å². The van der Waals surface area contributed by atoms with Gasteiger partial charge in [0, 0.05) is 0 Å². The van der Waals surface area contributed by atoms with Gasteiger partial charge in [0.25, 0.3) is 11.8 Å². The lowest BCUT2D eigenvalue weighted by atomic mass is 10.1. The Bertz CT molecular complexity index is 1130. The van der Waals surface area contributed by atoms with Crippen molar-refractivity contribution in [2.24, 2.45) is 0 Å². The third-order valence-electron chi connectivity index (χ3n) is 4.12. The number of aliphatic carboxylic acids is 1. The van der Waals surface area contributed by atoms with Crippen molar-refractivity contribution in [1.29, 1.82) is 0 Å². The summed E-state index contributed by atoms with van der Waals surface area (Å²) in [4.78, 5) is 37.3. The first-order chi connectivity index (χ1) is 14.7. The Morgan fingerprint density at radius 2 is 1.97 bits per heavy atom. The molecule has 0 unspecified atom stereocenters. The molecular weight excluding hydrogens is 467 g/mol. The number of anilines is 1. The van der Waals surface area contributed by atoms with Crippen LogP contribution in [-0.4, -0.2) is 41.7 Å². The van der Waals surface area contributed by atoms with E-state index >= 15 is 0 Å². The fourth-order valence-electron chi connectivity index (χ4n) is 2.74. The maximum atomic E-state index is 13.1. The number of halogens is 2. The first-order valence-electron chi connectivity index (χ1n) is 8.61. The third kappa shape index (κ3) is 4.79. The van der Waals surface area contributed by atoms with Gasteiger partial charge >= 0.3 is 5.97 Å². The number of ether oxygens (including phenoxy) is 2. The van der Waals surface area contributed by atoms with Crippen LogP contribution in [0.15, 0.2) is 42.0 Å². The number of hydrogen-bond acceptors (Lipinski definition) is 6. The van der Waals surface area contributed by atoms with Gasteiger partial charge in [-0.05, 0) is 48.1 Å². The van der Waals surface area contributed by atoms with E-state index < -0.39 is 24.4 Å². The summed E-state index contributed by atoms with van der Waals surface area (Å²) in [6.07, 6.45) is 1.34. The monoisotopic (exact) mass is 480 g/mol. The summed E-state index contributed by atoms with van der Waals surface area (Å²) in [7, 11) is 1.37. The van der Waals surface area contributed by atoms with Crippen molar-refractivity contribution in [2.45, 2.75) is 0 Å². The number of carbonyl (C=O) groups excluding carboxylic acids is 2. The zero-order chi connectivity index (χ0) is 22.7. The van der Waals surface area contributed by atoms with Crippen LogP contribution in [0.25, 0.3) is 6.08 Å². The summed E-state index contributed by atoms with van der Waals surface area (Å²) in [5.74, 6) is -2.10. The van der Waals surface area contributed by atoms with E-state index in [0.29, 0.717) is 5.56 Å². The van der Waals surface area contributed by atoms with Crippen molar-refractivity contribution < 1.29 is 29.0 Å². The number of benzene rings is 2. The van der Waals surface area contributed by atoms with Crippen molar-refractivity contribution in [3.63, 3.8) is 0 Å². The Morgan fingerprint density at radius 1 is 1.23 bits per heavy atom. The number of amides is 2. The SMILES string of the molecule is COc1cc(/C=C2\C(=O)NC(=S)N(c3cccc(Cl)c3Cl)C2=O)ccc1OCC(=O)O. The molecule has 1 heterocycles. The molecule has 31 heavy (non-hydrogen) atoms. The van der Waals surface area contributed by atoms with Crippen LogP contribution >= 0.6 is 35.4 Å². The Kier molecular flexibility index (Phi) is 6.79. The summed E-state index contributed by atoms with van der Waals surface area (Å²) in [5.41, 5.74) is 0.457. The van der Waals surface area contributed by atoms with E-state index in [1.54, 1.807) is 18.2 Å². The molecule has 0 aliphatic carbocycles. The highest BCUT2D eigenvalue weighted by molar-refractivity contribution is 7.80. The van der Waals surface area contributed by atoms with Crippen molar-refractivity contribution in [2.75, 3.05) is 18.6 Å². The van der Waals surface area contributed by atoms with E-state index in [1.165, 1.54) is 31.4 Å². The molecule has 0 saturated carbocycles. The van der Waals surface area contributed by atoms with E-state index in [1.807, 2.05) is 0 Å². The number of rotatable bonds is 6. The minimum absolute atomic E-state index is 0.108. The molecule has 8 nitrogen and oxygen atoms in total. The van der Waals surface area contributed by atoms with Crippen LogP contribution in [0, 0.1) is 0 Å². The molecule has 1 fully saturated rings. The lowest BCUT2D eigenvalue weighted by molar-refractivity contribution is -0.139. The normalized spacial score (nSPS) is 15.1. The standard InChI is InChI=1S/C20H14Cl2N2O6S/c1-29-15-8-10(5-6-14(15)30-9-16(25)26)7-11-18(27)23-20(31)24(19(11)28)13-4-2-3-12(21)17(13)22/h2-8H,9H2,1H3,(H,25,26)(H,23,27,31)/b11-7+. The fourth-order valence-corrected chi connectivity index (χ4v) is 3.39. The van der Waals surface area contributed by atoms with Crippen LogP contribution < -0.4 is 19.7 Å². The topological polar surface area (TPSA) is 105 Å². The van der Waals surface area contributed by atoms with Crippen LogP contribution in [0.2, 0.25) is 10.0 Å². The van der Waals surface area contributed by atoms with E-state index in [9.17, 15) is 14.4 Å². The second-order valence-electron chi connectivity index (χ2n) is 6.12. The molecule has 0 bridgehead atoms. The number of thiocarbonyl (C=S) groups is 1. The summed E-state index contributed by atoms with van der Waals surface area (Å²) in [6, 6.07) is 9.20. The number of carboxylic acid groups (broad SMARTS) is 1. The van der Waals surface area contributed by atoms with Crippen LogP contribution in [0.4, 0.5) is 5.69 Å². The Balaban J connectivity index is 1.98. The van der Waals surface area contributed by atoms with E-state index in [4.69, 9.17) is 50.0 Å². The van der Waals surface area contributed by atoms with Crippen LogP contribution in [0.3, 0.4) is 0 Å². The van der Waals surface area contributed by atoms with Gasteiger partial charge in [-0.3, -0.25) is 19.8 Å². The molecule has 0 atom stereocenters. The summed E-state index contributed by atoms with van der Waals surface area (Å²) in [6.45, 7) is -0.551. The number of carboxylic acids is 1. The van der Waals surface area contributed by atoms with Gasteiger partial charge in [0.2, 0.25) is 0 Å². The number of nitrogens with one attached hydrogen (secondary N) is 1. The molecule has 2 aromatic carbocycles. The van der Waals surface area contributed by atoms with Gasteiger partial charge in [-0.25, -0.2) is 4.79 Å². The van der Waals surface area contributed by atoms with Gasteiger partial charge < -0.3 is 14.6 Å². The van der Waals surface area contributed by atoms with E-state index in [0.717, 1.165) is 4.90 Å². The largest absolute Gasteiger partial charge is 0.493 e. The highest BCUT2D eigenvalue weighted by Crippen LogP contribution is 2.35. The maximum Gasteiger partial charge on any atom is 0.341 e. The third-order valence-corrected chi connectivity index (χ3v) is 5.22. The molecule has 2 amide bonds. The van der Waals surface area contributed by atoms with Crippen molar-refractivity contribution in [1.82, 2.24) is 5.32 Å². The van der Waals surface area contributed by atoms with Crippen LogP contribution in [0.1, 0.15) is 5.56 Å². The maximum absolute atomic E-state index is 13.1. The molecule has 2 aromatic rings. The predicted molar refractivity (Wildman–Crippen MR) is 119 cm³/mol. The molecule has 1 aliphatic heterocycles. The minimum Gasteiger partial charge on any atom is -0.493 e. The van der Waals surface area contributed by atoms with Gasteiger partial charge in [0.05, 0.1) is 22.8 Å². The zero-order valence-corrected chi connectivity index (χ0v) is 18.2. The first kappa shape index (κ1) is 22.5. The quantitative estimate of drug-likeness (QED) is 0.371. The average Bonchev–Trinajstić information content (AvgIpc) is 2.72. The van der Waals surface area contributed by atoms with Gasteiger partial charge in [0.1, 0.15) is 5.57 Å². The lowest BCUT2D eigenvalue weighted by Gasteiger charge is -2.29. The van der Waals surface area contributed by atoms with Crippen molar-refractivity contribution >= 4 is 70.1 Å².